The highest BCUT2D eigenvalue weighted by atomic mass is 16.3. The minimum absolute atomic E-state index is 0.113. The SMILES string of the molecule is O=C(/C=C/c1ccccc1)NNC(=O)C1CC(=O)N(Cc2ccco2)C1. The second-order valence-corrected chi connectivity index (χ2v) is 5.98. The fraction of sp³-hybridized carbons (Fsp3) is 0.211. The zero-order valence-corrected chi connectivity index (χ0v) is 14.1. The van der Waals surface area contributed by atoms with Crippen molar-refractivity contribution in [3.8, 4) is 0 Å². The predicted octanol–water partition coefficient (Wildman–Crippen LogP) is 1.49. The summed E-state index contributed by atoms with van der Waals surface area (Å²) >= 11 is 0. The van der Waals surface area contributed by atoms with Gasteiger partial charge in [0.05, 0.1) is 18.7 Å². The maximum atomic E-state index is 12.2. The van der Waals surface area contributed by atoms with Gasteiger partial charge in [0, 0.05) is 19.0 Å². The molecule has 7 heteroatoms. The summed E-state index contributed by atoms with van der Waals surface area (Å²) in [7, 11) is 0. The Morgan fingerprint density at radius 1 is 1.15 bits per heavy atom. The van der Waals surface area contributed by atoms with E-state index in [1.807, 2.05) is 30.3 Å². The Bertz CT molecular complexity index is 799. The molecule has 1 fully saturated rings. The number of nitrogens with zero attached hydrogens (tertiary/aromatic N) is 1. The topological polar surface area (TPSA) is 91.7 Å². The number of carbonyl (C=O) groups is 3. The molecule has 3 amide bonds. The number of carbonyl (C=O) groups excluding carboxylic acids is 3. The normalized spacial score (nSPS) is 16.8. The van der Waals surface area contributed by atoms with Crippen molar-refractivity contribution in [1.29, 1.82) is 0 Å². The molecule has 0 aliphatic carbocycles. The Hall–Kier alpha value is -3.35. The van der Waals surface area contributed by atoms with E-state index in [0.29, 0.717) is 18.8 Å². The smallest absolute Gasteiger partial charge is 0.262 e. The zero-order valence-electron chi connectivity index (χ0n) is 14.1. The van der Waals surface area contributed by atoms with Crippen LogP contribution in [0.5, 0.6) is 0 Å². The van der Waals surface area contributed by atoms with E-state index in [-0.39, 0.29) is 18.2 Å². The summed E-state index contributed by atoms with van der Waals surface area (Å²) in [6, 6.07) is 12.9. The van der Waals surface area contributed by atoms with E-state index in [1.165, 1.54) is 6.08 Å². The number of hydrogen-bond acceptors (Lipinski definition) is 4. The molecule has 1 aliphatic heterocycles. The monoisotopic (exact) mass is 353 g/mol. The van der Waals surface area contributed by atoms with Crippen molar-refractivity contribution in [2.45, 2.75) is 13.0 Å². The maximum absolute atomic E-state index is 12.2. The first-order valence-electron chi connectivity index (χ1n) is 8.25. The van der Waals surface area contributed by atoms with Gasteiger partial charge in [-0.25, -0.2) is 0 Å². The third-order valence-corrected chi connectivity index (χ3v) is 4.05. The fourth-order valence-electron chi connectivity index (χ4n) is 2.69. The Morgan fingerprint density at radius 3 is 2.69 bits per heavy atom. The molecule has 1 aromatic heterocycles. The van der Waals surface area contributed by atoms with Gasteiger partial charge in [-0.2, -0.15) is 0 Å². The van der Waals surface area contributed by atoms with E-state index in [4.69, 9.17) is 4.42 Å². The number of furan rings is 1. The van der Waals surface area contributed by atoms with Crippen molar-refractivity contribution in [1.82, 2.24) is 15.8 Å². The standard InChI is InChI=1S/C19H19N3O4/c23-17(9-8-14-5-2-1-3-6-14)20-21-19(25)15-11-18(24)22(12-15)13-16-7-4-10-26-16/h1-10,15H,11-13H2,(H,20,23)(H,21,25)/b9-8+. The van der Waals surface area contributed by atoms with Gasteiger partial charge in [-0.3, -0.25) is 25.2 Å². The van der Waals surface area contributed by atoms with Gasteiger partial charge in [-0.05, 0) is 23.8 Å². The largest absolute Gasteiger partial charge is 0.467 e. The van der Waals surface area contributed by atoms with Gasteiger partial charge >= 0.3 is 0 Å². The molecule has 3 rings (SSSR count). The molecule has 0 spiro atoms. The molecule has 1 atom stereocenters. The van der Waals surface area contributed by atoms with Gasteiger partial charge in [0.15, 0.2) is 0 Å². The third-order valence-electron chi connectivity index (χ3n) is 4.05. The molecule has 26 heavy (non-hydrogen) atoms. The van der Waals surface area contributed by atoms with E-state index in [0.717, 1.165) is 5.56 Å². The molecule has 2 heterocycles. The first-order chi connectivity index (χ1) is 12.6. The number of rotatable bonds is 5. The van der Waals surface area contributed by atoms with E-state index >= 15 is 0 Å². The summed E-state index contributed by atoms with van der Waals surface area (Å²) in [4.78, 5) is 37.5. The molecule has 2 N–H and O–H groups in total. The molecule has 2 aromatic rings. The van der Waals surface area contributed by atoms with Gasteiger partial charge in [0.2, 0.25) is 11.8 Å². The second-order valence-electron chi connectivity index (χ2n) is 5.98. The number of nitrogens with one attached hydrogen (secondary N) is 2. The first-order valence-corrected chi connectivity index (χ1v) is 8.25. The number of benzene rings is 1. The van der Waals surface area contributed by atoms with E-state index in [2.05, 4.69) is 10.9 Å². The summed E-state index contributed by atoms with van der Waals surface area (Å²) in [5.41, 5.74) is 5.58. The van der Waals surface area contributed by atoms with Crippen LogP contribution in [0.25, 0.3) is 6.08 Å². The second kappa shape index (κ2) is 8.15. The molecule has 1 aliphatic rings. The molecule has 0 saturated carbocycles. The summed E-state index contributed by atoms with van der Waals surface area (Å²) in [6.07, 6.45) is 4.63. The molecule has 0 bridgehead atoms. The lowest BCUT2D eigenvalue weighted by molar-refractivity contribution is -0.130. The highest BCUT2D eigenvalue weighted by Crippen LogP contribution is 2.20. The molecule has 0 radical (unpaired) electrons. The Morgan fingerprint density at radius 2 is 1.96 bits per heavy atom. The molecule has 1 unspecified atom stereocenters. The van der Waals surface area contributed by atoms with Crippen LogP contribution in [0.2, 0.25) is 0 Å². The minimum Gasteiger partial charge on any atom is -0.467 e. The van der Waals surface area contributed by atoms with Gasteiger partial charge in [-0.15, -0.1) is 0 Å². The third kappa shape index (κ3) is 4.60. The van der Waals surface area contributed by atoms with E-state index in [1.54, 1.807) is 29.4 Å². The van der Waals surface area contributed by atoms with Crippen LogP contribution in [0.1, 0.15) is 17.7 Å². The maximum Gasteiger partial charge on any atom is 0.262 e. The van der Waals surface area contributed by atoms with Crippen LogP contribution < -0.4 is 10.9 Å². The zero-order chi connectivity index (χ0) is 18.4. The molecule has 7 nitrogen and oxygen atoms in total. The van der Waals surface area contributed by atoms with Crippen LogP contribution >= 0.6 is 0 Å². The average molecular weight is 353 g/mol. The van der Waals surface area contributed by atoms with Gasteiger partial charge < -0.3 is 9.32 Å². The van der Waals surface area contributed by atoms with Crippen LogP contribution in [0.3, 0.4) is 0 Å². The number of hydrogen-bond donors (Lipinski definition) is 2. The van der Waals surface area contributed by atoms with Crippen molar-refractivity contribution in [2.24, 2.45) is 5.92 Å². The lowest BCUT2D eigenvalue weighted by Crippen LogP contribution is -2.44. The molecular formula is C19H19N3O4. The van der Waals surface area contributed by atoms with Crippen molar-refractivity contribution in [2.75, 3.05) is 6.54 Å². The van der Waals surface area contributed by atoms with E-state index in [9.17, 15) is 14.4 Å². The summed E-state index contributed by atoms with van der Waals surface area (Å²) in [5.74, 6) is -0.785. The summed E-state index contributed by atoms with van der Waals surface area (Å²) < 4.78 is 5.22. The Kier molecular flexibility index (Phi) is 5.48. The van der Waals surface area contributed by atoms with Gasteiger partial charge in [-0.1, -0.05) is 30.3 Å². The summed E-state index contributed by atoms with van der Waals surface area (Å²) in [6.45, 7) is 0.628. The average Bonchev–Trinajstić information content (AvgIpc) is 3.29. The highest BCUT2D eigenvalue weighted by molar-refractivity contribution is 5.94. The summed E-state index contributed by atoms with van der Waals surface area (Å²) in [5, 5.41) is 0. The fourth-order valence-corrected chi connectivity index (χ4v) is 2.69. The molecule has 1 aromatic carbocycles. The van der Waals surface area contributed by atoms with Crippen LogP contribution in [0, 0.1) is 5.92 Å². The first kappa shape index (κ1) is 17.5. The molecule has 134 valence electrons. The van der Waals surface area contributed by atoms with Crippen molar-refractivity contribution >= 4 is 23.8 Å². The molecule has 1 saturated heterocycles. The Labute approximate surface area is 150 Å². The van der Waals surface area contributed by atoms with Crippen LogP contribution in [-0.2, 0) is 20.9 Å². The molecular weight excluding hydrogens is 334 g/mol. The lowest BCUT2D eigenvalue weighted by Gasteiger charge is -2.15. The minimum atomic E-state index is -0.504. The highest BCUT2D eigenvalue weighted by Gasteiger charge is 2.34. The predicted molar refractivity (Wildman–Crippen MR) is 94.0 cm³/mol. The van der Waals surface area contributed by atoms with Crippen LogP contribution in [-0.4, -0.2) is 29.2 Å². The number of likely N-dealkylation sites (tertiary alicyclic amines) is 1. The quantitative estimate of drug-likeness (QED) is 0.629. The van der Waals surface area contributed by atoms with Gasteiger partial charge in [0.25, 0.3) is 5.91 Å². The van der Waals surface area contributed by atoms with Crippen molar-refractivity contribution in [3.05, 3.63) is 66.1 Å². The van der Waals surface area contributed by atoms with Gasteiger partial charge in [0.1, 0.15) is 5.76 Å². The van der Waals surface area contributed by atoms with Crippen molar-refractivity contribution in [3.63, 3.8) is 0 Å². The Balaban J connectivity index is 1.45. The number of hydrazine groups is 1. The van der Waals surface area contributed by atoms with Crippen LogP contribution in [0.4, 0.5) is 0 Å². The lowest BCUT2D eigenvalue weighted by atomic mass is 10.1. The van der Waals surface area contributed by atoms with E-state index < -0.39 is 11.8 Å². The number of amides is 3. The van der Waals surface area contributed by atoms with Crippen molar-refractivity contribution < 1.29 is 18.8 Å². The van der Waals surface area contributed by atoms with Crippen LogP contribution in [0.15, 0.2) is 59.2 Å².